The zero-order valence-corrected chi connectivity index (χ0v) is 12.1. The Morgan fingerprint density at radius 1 is 1.12 bits per heavy atom. The molecule has 17 heavy (non-hydrogen) atoms. The lowest BCUT2D eigenvalue weighted by Crippen LogP contribution is -2.24. The number of rotatable bonds is 7. The number of benzene rings is 1. The minimum absolute atomic E-state index is 0.0141. The van der Waals surface area contributed by atoms with Crippen LogP contribution in [0.2, 0.25) is 0 Å². The highest BCUT2D eigenvalue weighted by Crippen LogP contribution is 2.06. The molecule has 1 rings (SSSR count). The topological polar surface area (TPSA) is 55.1 Å². The van der Waals surface area contributed by atoms with E-state index in [0.29, 0.717) is 0 Å². The second-order valence-electron chi connectivity index (χ2n) is 3.97. The molecular formula is C13H19IN2O. The van der Waals surface area contributed by atoms with Crippen molar-refractivity contribution in [3.8, 4) is 0 Å². The van der Waals surface area contributed by atoms with Crippen LogP contribution in [0.3, 0.4) is 0 Å². The maximum absolute atomic E-state index is 11.7. The number of unbranched alkanes of at least 4 members (excludes halogenated alkanes) is 3. The Morgan fingerprint density at radius 3 is 2.41 bits per heavy atom. The van der Waals surface area contributed by atoms with E-state index in [1.165, 1.54) is 0 Å². The van der Waals surface area contributed by atoms with Gasteiger partial charge < -0.3 is 11.1 Å². The van der Waals surface area contributed by atoms with Crippen LogP contribution < -0.4 is 11.1 Å². The number of hydrogen-bond donors (Lipinski definition) is 2. The second-order valence-corrected chi connectivity index (χ2v) is 5.21. The summed E-state index contributed by atoms with van der Waals surface area (Å²) in [4.78, 5) is 11.7. The summed E-state index contributed by atoms with van der Waals surface area (Å²) < 4.78 is 1.14. The third kappa shape index (κ3) is 6.02. The first kappa shape index (κ1) is 14.4. The van der Waals surface area contributed by atoms with Crippen molar-refractivity contribution in [1.29, 1.82) is 0 Å². The minimum Gasteiger partial charge on any atom is -0.352 e. The molecule has 0 fully saturated rings. The number of nitrogens with one attached hydrogen (secondary N) is 1. The van der Waals surface area contributed by atoms with Crippen LogP contribution in [0.4, 0.5) is 0 Å². The van der Waals surface area contributed by atoms with E-state index in [1.807, 2.05) is 24.3 Å². The van der Waals surface area contributed by atoms with Crippen LogP contribution in [-0.4, -0.2) is 19.0 Å². The number of amides is 1. The highest BCUT2D eigenvalue weighted by molar-refractivity contribution is 14.1. The van der Waals surface area contributed by atoms with Crippen molar-refractivity contribution in [2.24, 2.45) is 5.73 Å². The summed E-state index contributed by atoms with van der Waals surface area (Å²) >= 11 is 2.23. The monoisotopic (exact) mass is 346 g/mol. The van der Waals surface area contributed by atoms with Crippen LogP contribution in [0, 0.1) is 3.57 Å². The van der Waals surface area contributed by atoms with Gasteiger partial charge in [0.2, 0.25) is 0 Å². The number of carbonyl (C=O) groups is 1. The summed E-state index contributed by atoms with van der Waals surface area (Å²) in [6, 6.07) is 7.59. The van der Waals surface area contributed by atoms with Crippen LogP contribution in [0.25, 0.3) is 0 Å². The van der Waals surface area contributed by atoms with Crippen LogP contribution >= 0.6 is 22.6 Å². The summed E-state index contributed by atoms with van der Waals surface area (Å²) in [5.74, 6) is 0.0141. The molecule has 0 spiro atoms. The molecule has 0 saturated carbocycles. The minimum atomic E-state index is 0.0141. The number of carbonyl (C=O) groups excluding carboxylic acids is 1. The zero-order chi connectivity index (χ0) is 12.5. The molecule has 0 atom stereocenters. The van der Waals surface area contributed by atoms with Gasteiger partial charge in [-0.15, -0.1) is 0 Å². The molecule has 1 aromatic rings. The van der Waals surface area contributed by atoms with Crippen molar-refractivity contribution in [3.63, 3.8) is 0 Å². The zero-order valence-electron chi connectivity index (χ0n) is 9.92. The maximum Gasteiger partial charge on any atom is 0.251 e. The van der Waals surface area contributed by atoms with Crippen molar-refractivity contribution >= 4 is 28.5 Å². The van der Waals surface area contributed by atoms with Crippen molar-refractivity contribution in [2.45, 2.75) is 25.7 Å². The molecular weight excluding hydrogens is 327 g/mol. The van der Waals surface area contributed by atoms with Gasteiger partial charge in [0.25, 0.3) is 5.91 Å². The molecule has 0 heterocycles. The van der Waals surface area contributed by atoms with Gasteiger partial charge in [0.05, 0.1) is 0 Å². The highest BCUT2D eigenvalue weighted by atomic mass is 127. The standard InChI is InChI=1S/C13H19IN2O/c14-12-7-5-11(6-8-12)13(17)16-10-4-2-1-3-9-15/h5-8H,1-4,9-10,15H2,(H,16,17). The Bertz CT molecular complexity index is 338. The SMILES string of the molecule is NCCCCCCNC(=O)c1ccc(I)cc1. The molecule has 3 N–H and O–H groups in total. The largest absolute Gasteiger partial charge is 0.352 e. The van der Waals surface area contributed by atoms with Crippen LogP contribution in [0.15, 0.2) is 24.3 Å². The van der Waals surface area contributed by atoms with Gasteiger partial charge in [-0.05, 0) is 66.2 Å². The predicted molar refractivity (Wildman–Crippen MR) is 79.0 cm³/mol. The lowest BCUT2D eigenvalue weighted by atomic mass is 10.2. The van der Waals surface area contributed by atoms with Crippen molar-refractivity contribution in [1.82, 2.24) is 5.32 Å². The Morgan fingerprint density at radius 2 is 1.76 bits per heavy atom. The average Bonchev–Trinajstić information content (AvgIpc) is 2.34. The number of nitrogens with two attached hydrogens (primary N) is 1. The summed E-state index contributed by atoms with van der Waals surface area (Å²) in [6.45, 7) is 1.50. The molecule has 0 bridgehead atoms. The van der Waals surface area contributed by atoms with E-state index in [2.05, 4.69) is 27.9 Å². The van der Waals surface area contributed by atoms with E-state index in [-0.39, 0.29) is 5.91 Å². The van der Waals surface area contributed by atoms with Gasteiger partial charge in [0.1, 0.15) is 0 Å². The van der Waals surface area contributed by atoms with Gasteiger partial charge in [-0.3, -0.25) is 4.79 Å². The number of hydrogen-bond acceptors (Lipinski definition) is 2. The molecule has 94 valence electrons. The fraction of sp³-hybridized carbons (Fsp3) is 0.462. The molecule has 0 aliphatic carbocycles. The quantitative estimate of drug-likeness (QED) is 0.589. The summed E-state index contributed by atoms with van der Waals surface area (Å²) in [7, 11) is 0. The maximum atomic E-state index is 11.7. The van der Waals surface area contributed by atoms with Crippen molar-refractivity contribution < 1.29 is 4.79 Å². The van der Waals surface area contributed by atoms with E-state index < -0.39 is 0 Å². The van der Waals surface area contributed by atoms with Crippen LogP contribution in [0.5, 0.6) is 0 Å². The molecule has 1 amide bonds. The van der Waals surface area contributed by atoms with Gasteiger partial charge in [-0.1, -0.05) is 12.8 Å². The lowest BCUT2D eigenvalue weighted by molar-refractivity contribution is 0.0953. The fourth-order valence-electron chi connectivity index (χ4n) is 1.53. The summed E-state index contributed by atoms with van der Waals surface area (Å²) in [6.07, 6.45) is 4.38. The molecule has 1 aromatic carbocycles. The second kappa shape index (κ2) is 8.47. The summed E-state index contributed by atoms with van der Waals surface area (Å²) in [5.41, 5.74) is 6.14. The number of halogens is 1. The average molecular weight is 346 g/mol. The molecule has 0 aliphatic rings. The Kier molecular flexibility index (Phi) is 7.19. The van der Waals surface area contributed by atoms with Gasteiger partial charge in [-0.2, -0.15) is 0 Å². The van der Waals surface area contributed by atoms with E-state index in [9.17, 15) is 4.79 Å². The van der Waals surface area contributed by atoms with Gasteiger partial charge in [0, 0.05) is 15.7 Å². The molecule has 3 nitrogen and oxygen atoms in total. The molecule has 0 unspecified atom stereocenters. The predicted octanol–water partition coefficient (Wildman–Crippen LogP) is 2.54. The summed E-state index contributed by atoms with van der Waals surface area (Å²) in [5, 5.41) is 2.92. The fourth-order valence-corrected chi connectivity index (χ4v) is 1.89. The van der Waals surface area contributed by atoms with E-state index in [4.69, 9.17) is 5.73 Å². The van der Waals surface area contributed by atoms with E-state index in [1.54, 1.807) is 0 Å². The lowest BCUT2D eigenvalue weighted by Gasteiger charge is -2.05. The first-order valence-corrected chi connectivity index (χ1v) is 7.06. The normalized spacial score (nSPS) is 10.2. The Labute approximate surface area is 116 Å². The van der Waals surface area contributed by atoms with Gasteiger partial charge in [0.15, 0.2) is 0 Å². The first-order valence-electron chi connectivity index (χ1n) is 5.98. The van der Waals surface area contributed by atoms with E-state index >= 15 is 0 Å². The molecule has 0 aliphatic heterocycles. The van der Waals surface area contributed by atoms with Crippen LogP contribution in [-0.2, 0) is 0 Å². The Hall–Kier alpha value is -0.620. The third-order valence-electron chi connectivity index (χ3n) is 2.52. The van der Waals surface area contributed by atoms with Crippen molar-refractivity contribution in [3.05, 3.63) is 33.4 Å². The Balaban J connectivity index is 2.19. The van der Waals surface area contributed by atoms with Crippen molar-refractivity contribution in [2.75, 3.05) is 13.1 Å². The molecule has 0 aromatic heterocycles. The third-order valence-corrected chi connectivity index (χ3v) is 3.24. The molecule has 0 radical (unpaired) electrons. The van der Waals surface area contributed by atoms with E-state index in [0.717, 1.165) is 47.9 Å². The highest BCUT2D eigenvalue weighted by Gasteiger charge is 2.03. The van der Waals surface area contributed by atoms with Crippen LogP contribution in [0.1, 0.15) is 36.0 Å². The molecule has 4 heteroatoms. The first-order chi connectivity index (χ1) is 8.24. The van der Waals surface area contributed by atoms with Gasteiger partial charge in [-0.25, -0.2) is 0 Å². The smallest absolute Gasteiger partial charge is 0.251 e. The molecule has 0 saturated heterocycles. The van der Waals surface area contributed by atoms with Gasteiger partial charge >= 0.3 is 0 Å².